The molecule has 1 fully saturated rings. The third-order valence-corrected chi connectivity index (χ3v) is 5.49. The summed E-state index contributed by atoms with van der Waals surface area (Å²) in [6.45, 7) is 2.78. The number of imide groups is 1. The van der Waals surface area contributed by atoms with Gasteiger partial charge in [0.15, 0.2) is 0 Å². The number of nitrogens with two attached hydrogens (primary N) is 1. The van der Waals surface area contributed by atoms with Gasteiger partial charge in [0.1, 0.15) is 5.54 Å². The number of urea groups is 1. The molecule has 0 saturated carbocycles. The minimum atomic E-state index is -1.43. The number of carbonyl (C=O) groups is 4. The quantitative estimate of drug-likeness (QED) is 0.217. The molecule has 4 amide bonds. The van der Waals surface area contributed by atoms with E-state index in [2.05, 4.69) is 10.4 Å². The summed E-state index contributed by atoms with van der Waals surface area (Å²) in [7, 11) is 1.23. The predicted molar refractivity (Wildman–Crippen MR) is 119 cm³/mol. The van der Waals surface area contributed by atoms with E-state index in [1.54, 1.807) is 61.5 Å². The highest BCUT2D eigenvalue weighted by Crippen LogP contribution is 2.34. The molecule has 1 saturated heterocycles. The van der Waals surface area contributed by atoms with Crippen LogP contribution in [-0.2, 0) is 24.7 Å². The van der Waals surface area contributed by atoms with Crippen molar-refractivity contribution in [3.05, 3.63) is 71.3 Å². The van der Waals surface area contributed by atoms with Crippen LogP contribution in [0.3, 0.4) is 0 Å². The highest BCUT2D eigenvalue weighted by atomic mass is 16.5. The molecule has 2 aromatic carbocycles. The zero-order chi connectivity index (χ0) is 24.2. The Morgan fingerprint density at radius 3 is 2.36 bits per heavy atom. The molecule has 1 aliphatic rings. The Morgan fingerprint density at radius 2 is 1.82 bits per heavy atom. The number of ether oxygens (including phenoxy) is 1. The van der Waals surface area contributed by atoms with Gasteiger partial charge in [-0.3, -0.25) is 14.4 Å². The van der Waals surface area contributed by atoms with Crippen LogP contribution < -0.4 is 11.2 Å². The Kier molecular flexibility index (Phi) is 6.76. The van der Waals surface area contributed by atoms with Crippen molar-refractivity contribution in [2.24, 2.45) is 10.9 Å². The van der Waals surface area contributed by atoms with Crippen molar-refractivity contribution in [2.45, 2.75) is 31.8 Å². The van der Waals surface area contributed by atoms with Crippen molar-refractivity contribution < 1.29 is 23.9 Å². The number of benzene rings is 2. The number of esters is 1. The van der Waals surface area contributed by atoms with Crippen LogP contribution in [0.4, 0.5) is 4.79 Å². The van der Waals surface area contributed by atoms with Crippen molar-refractivity contribution in [3.8, 4) is 0 Å². The monoisotopic (exact) mass is 451 g/mol. The number of carbonyl (C=O) groups excluding carboxylic acids is 4. The largest absolute Gasteiger partial charge is 0.469 e. The number of hydrazine groups is 1. The van der Waals surface area contributed by atoms with Crippen molar-refractivity contribution in [2.75, 3.05) is 7.11 Å². The molecule has 0 aliphatic carbocycles. The zero-order valence-electron chi connectivity index (χ0n) is 18.5. The lowest BCUT2D eigenvalue weighted by molar-refractivity contribution is -0.163. The fourth-order valence-electron chi connectivity index (χ4n) is 3.77. The van der Waals surface area contributed by atoms with Gasteiger partial charge in [0, 0.05) is 6.92 Å². The van der Waals surface area contributed by atoms with Crippen LogP contribution in [0.5, 0.6) is 0 Å². The van der Waals surface area contributed by atoms with E-state index in [-0.39, 0.29) is 6.42 Å². The third-order valence-electron chi connectivity index (χ3n) is 5.49. The zero-order valence-corrected chi connectivity index (χ0v) is 18.5. The summed E-state index contributed by atoms with van der Waals surface area (Å²) in [6, 6.07) is 13.7. The van der Waals surface area contributed by atoms with Gasteiger partial charge in [0.25, 0.3) is 5.91 Å². The molecule has 2 atom stereocenters. The molecule has 0 spiro atoms. The van der Waals surface area contributed by atoms with Crippen molar-refractivity contribution >= 4 is 30.0 Å². The molecule has 1 aliphatic heterocycles. The lowest BCUT2D eigenvalue weighted by Gasteiger charge is -2.35. The summed E-state index contributed by atoms with van der Waals surface area (Å²) < 4.78 is 4.79. The molecule has 0 aromatic heterocycles. The Hall–Kier alpha value is -4.21. The van der Waals surface area contributed by atoms with Crippen LogP contribution in [0.15, 0.2) is 59.7 Å². The van der Waals surface area contributed by atoms with Crippen LogP contribution in [0, 0.1) is 0 Å². The average Bonchev–Trinajstić information content (AvgIpc) is 3.03. The molecule has 0 unspecified atom stereocenters. The number of hydrogen-bond acceptors (Lipinski definition) is 7. The second kappa shape index (κ2) is 9.51. The molecule has 3 N–H and O–H groups in total. The maximum atomic E-state index is 13.6. The van der Waals surface area contributed by atoms with Gasteiger partial charge in [-0.05, 0) is 23.6 Å². The van der Waals surface area contributed by atoms with Gasteiger partial charge in [-0.15, -0.1) is 0 Å². The SMILES string of the molecule is COC(=O)C[C@H](c1ccccc1)N(C(C)=O)N1C(=O)N[C@](C)(c2ccc(C=NN)cc2)C1=O. The molecule has 0 bridgehead atoms. The molecule has 3 rings (SSSR count). The highest BCUT2D eigenvalue weighted by molar-refractivity contribution is 6.08. The average molecular weight is 451 g/mol. The van der Waals surface area contributed by atoms with E-state index in [1.807, 2.05) is 0 Å². The Morgan fingerprint density at radius 1 is 1.18 bits per heavy atom. The first-order valence-electron chi connectivity index (χ1n) is 10.1. The first-order chi connectivity index (χ1) is 15.7. The van der Waals surface area contributed by atoms with E-state index < -0.39 is 35.4 Å². The molecule has 0 radical (unpaired) electrons. The summed E-state index contributed by atoms with van der Waals surface area (Å²) in [5.41, 5.74) is 0.351. The molecule has 10 heteroatoms. The number of rotatable bonds is 7. The fraction of sp³-hybridized carbons (Fsp3) is 0.261. The molecular formula is C23H25N5O5. The minimum Gasteiger partial charge on any atom is -0.469 e. The van der Waals surface area contributed by atoms with Crippen molar-refractivity contribution in [3.63, 3.8) is 0 Å². The van der Waals surface area contributed by atoms with E-state index in [0.717, 1.165) is 10.0 Å². The lowest BCUT2D eigenvalue weighted by Crippen LogP contribution is -2.52. The van der Waals surface area contributed by atoms with E-state index in [0.29, 0.717) is 16.7 Å². The number of methoxy groups -OCH3 is 1. The lowest BCUT2D eigenvalue weighted by atomic mass is 9.91. The third kappa shape index (κ3) is 4.54. The van der Waals surface area contributed by atoms with Gasteiger partial charge in [0.05, 0.1) is 25.8 Å². The summed E-state index contributed by atoms with van der Waals surface area (Å²) in [4.78, 5) is 51.5. The molecule has 172 valence electrons. The van der Waals surface area contributed by atoms with Crippen LogP contribution in [0.25, 0.3) is 0 Å². The van der Waals surface area contributed by atoms with Gasteiger partial charge >= 0.3 is 12.0 Å². The van der Waals surface area contributed by atoms with Crippen LogP contribution in [-0.4, -0.2) is 47.2 Å². The smallest absolute Gasteiger partial charge is 0.344 e. The van der Waals surface area contributed by atoms with E-state index in [1.165, 1.54) is 20.2 Å². The number of nitrogens with one attached hydrogen (secondary N) is 1. The summed E-state index contributed by atoms with van der Waals surface area (Å²) in [5.74, 6) is 3.33. The summed E-state index contributed by atoms with van der Waals surface area (Å²) in [6.07, 6.45) is 1.20. The van der Waals surface area contributed by atoms with E-state index in [4.69, 9.17) is 10.6 Å². The Bertz CT molecular complexity index is 1090. The molecule has 2 aromatic rings. The van der Waals surface area contributed by atoms with Gasteiger partial charge in [-0.2, -0.15) is 10.1 Å². The molecule has 1 heterocycles. The first kappa shape index (κ1) is 23.5. The molecule has 10 nitrogen and oxygen atoms in total. The van der Waals surface area contributed by atoms with Gasteiger partial charge in [-0.1, -0.05) is 54.6 Å². The topological polar surface area (TPSA) is 134 Å². The minimum absolute atomic E-state index is 0.249. The van der Waals surface area contributed by atoms with Gasteiger partial charge < -0.3 is 15.9 Å². The van der Waals surface area contributed by atoms with Crippen molar-refractivity contribution in [1.29, 1.82) is 0 Å². The highest BCUT2D eigenvalue weighted by Gasteiger charge is 2.53. The number of nitrogens with zero attached hydrogens (tertiary/aromatic N) is 3. The predicted octanol–water partition coefficient (Wildman–Crippen LogP) is 1.81. The number of amides is 4. The normalized spacial score (nSPS) is 18.8. The van der Waals surface area contributed by atoms with Crippen molar-refractivity contribution in [1.82, 2.24) is 15.3 Å². The van der Waals surface area contributed by atoms with E-state index >= 15 is 0 Å². The second-order valence-electron chi connectivity index (χ2n) is 7.64. The Labute approximate surface area is 191 Å². The number of hydrazone groups is 1. The standard InChI is InChI=1S/C23H25N5O5/c1-15(29)27(19(13-20(30)33-3)17-7-5-4-6-8-17)28-21(31)23(2,26-22(28)32)18-11-9-16(10-12-18)14-25-24/h4-12,14,19H,13,24H2,1-3H3,(H,26,32)/t19-,23-/m1/s1. The summed E-state index contributed by atoms with van der Waals surface area (Å²) in [5, 5.41) is 7.90. The van der Waals surface area contributed by atoms with Gasteiger partial charge in [0.2, 0.25) is 5.91 Å². The molecular weight excluding hydrogens is 426 g/mol. The number of hydrogen-bond donors (Lipinski definition) is 2. The van der Waals surface area contributed by atoms with Crippen LogP contribution in [0.2, 0.25) is 0 Å². The fourth-order valence-corrected chi connectivity index (χ4v) is 3.77. The Balaban J connectivity index is 2.03. The maximum absolute atomic E-state index is 13.6. The second-order valence-corrected chi connectivity index (χ2v) is 7.64. The molecule has 33 heavy (non-hydrogen) atoms. The summed E-state index contributed by atoms with van der Waals surface area (Å²) >= 11 is 0. The van der Waals surface area contributed by atoms with Gasteiger partial charge in [-0.25, -0.2) is 9.80 Å². The maximum Gasteiger partial charge on any atom is 0.344 e. The van der Waals surface area contributed by atoms with Crippen LogP contribution >= 0.6 is 0 Å². The van der Waals surface area contributed by atoms with Crippen LogP contribution in [0.1, 0.15) is 43.0 Å². The first-order valence-corrected chi connectivity index (χ1v) is 10.1. The van der Waals surface area contributed by atoms with E-state index in [9.17, 15) is 19.2 Å².